The minimum Gasteiger partial charge on any atom is -0.474 e. The summed E-state index contributed by atoms with van der Waals surface area (Å²) in [4.78, 5) is 19.7. The molecule has 2 aromatic heterocycles. The van der Waals surface area contributed by atoms with Gasteiger partial charge in [-0.1, -0.05) is 11.6 Å². The number of amides is 1. The fourth-order valence-corrected chi connectivity index (χ4v) is 2.91. The zero-order valence-corrected chi connectivity index (χ0v) is 12.2. The van der Waals surface area contributed by atoms with Crippen molar-refractivity contribution in [2.75, 3.05) is 0 Å². The van der Waals surface area contributed by atoms with Crippen LogP contribution in [0.15, 0.2) is 24.4 Å². The molecule has 0 spiro atoms. The van der Waals surface area contributed by atoms with Gasteiger partial charge in [0.25, 0.3) is 0 Å². The Bertz CT molecular complexity index is 669. The van der Waals surface area contributed by atoms with E-state index in [1.807, 2.05) is 12.1 Å². The maximum absolute atomic E-state index is 11.2. The third-order valence-electron chi connectivity index (χ3n) is 3.89. The molecule has 3 rings (SSSR count). The number of rotatable bonds is 3. The number of halogens is 1. The summed E-state index contributed by atoms with van der Waals surface area (Å²) in [5.74, 6) is 0.257. The Hall–Kier alpha value is -1.88. The number of pyridine rings is 2. The molecule has 0 atom stereocenters. The van der Waals surface area contributed by atoms with Crippen LogP contribution in [0.2, 0.25) is 5.15 Å². The lowest BCUT2D eigenvalue weighted by Gasteiger charge is -2.27. The zero-order valence-electron chi connectivity index (χ0n) is 11.5. The summed E-state index contributed by atoms with van der Waals surface area (Å²) in [7, 11) is 0. The quantitative estimate of drug-likeness (QED) is 0.884. The van der Waals surface area contributed by atoms with Gasteiger partial charge in [0.15, 0.2) is 0 Å². The number of nitrogens with zero attached hydrogens (tertiary/aromatic N) is 2. The second kappa shape index (κ2) is 5.85. The molecule has 2 heterocycles. The molecule has 0 saturated heterocycles. The van der Waals surface area contributed by atoms with Gasteiger partial charge in [0.1, 0.15) is 11.3 Å². The molecule has 1 aliphatic rings. The van der Waals surface area contributed by atoms with Gasteiger partial charge in [0.05, 0.1) is 10.9 Å². The summed E-state index contributed by atoms with van der Waals surface area (Å²) in [6.45, 7) is 0. The summed E-state index contributed by atoms with van der Waals surface area (Å²) in [6, 6.07) is 5.47. The molecule has 0 bridgehead atoms. The van der Waals surface area contributed by atoms with E-state index in [-0.39, 0.29) is 17.9 Å². The Balaban J connectivity index is 1.78. The van der Waals surface area contributed by atoms with E-state index < -0.39 is 0 Å². The summed E-state index contributed by atoms with van der Waals surface area (Å²) in [6.07, 6.45) is 4.86. The smallest absolute Gasteiger partial charge is 0.224 e. The van der Waals surface area contributed by atoms with E-state index in [1.165, 1.54) is 0 Å². The van der Waals surface area contributed by atoms with Crippen molar-refractivity contribution < 1.29 is 9.53 Å². The highest BCUT2D eigenvalue weighted by molar-refractivity contribution is 6.30. The van der Waals surface area contributed by atoms with E-state index in [9.17, 15) is 4.79 Å². The average Bonchev–Trinajstić information content (AvgIpc) is 2.47. The Morgan fingerprint density at radius 2 is 2.10 bits per heavy atom. The standard InChI is InChI=1S/C15H16ClN3O2/c16-13-8-12-11(2-1-7-18-12)15(19-13)21-10-5-3-9(4-6-10)14(17)20/h1-2,7-10H,3-6H2,(H2,17,20). The maximum Gasteiger partial charge on any atom is 0.224 e. The Kier molecular flexibility index (Phi) is 3.92. The van der Waals surface area contributed by atoms with Gasteiger partial charge in [-0.15, -0.1) is 0 Å². The highest BCUT2D eigenvalue weighted by atomic mass is 35.5. The molecule has 0 aliphatic heterocycles. The van der Waals surface area contributed by atoms with Crippen molar-refractivity contribution in [3.63, 3.8) is 0 Å². The van der Waals surface area contributed by atoms with Gasteiger partial charge in [0.2, 0.25) is 11.8 Å². The molecule has 2 aromatic rings. The molecule has 6 heteroatoms. The molecule has 21 heavy (non-hydrogen) atoms. The van der Waals surface area contributed by atoms with E-state index in [0.29, 0.717) is 11.0 Å². The van der Waals surface area contributed by atoms with Gasteiger partial charge < -0.3 is 10.5 Å². The zero-order chi connectivity index (χ0) is 14.8. The molecule has 0 unspecified atom stereocenters. The Morgan fingerprint density at radius 1 is 1.33 bits per heavy atom. The largest absolute Gasteiger partial charge is 0.474 e. The molecular formula is C15H16ClN3O2. The first-order valence-corrected chi connectivity index (χ1v) is 7.38. The molecule has 0 aromatic carbocycles. The normalized spacial score (nSPS) is 22.1. The van der Waals surface area contributed by atoms with Gasteiger partial charge >= 0.3 is 0 Å². The summed E-state index contributed by atoms with van der Waals surface area (Å²) >= 11 is 6.01. The lowest BCUT2D eigenvalue weighted by Crippen LogP contribution is -2.31. The second-order valence-corrected chi connectivity index (χ2v) is 5.70. The third-order valence-corrected chi connectivity index (χ3v) is 4.08. The number of aromatic nitrogens is 2. The molecule has 0 radical (unpaired) electrons. The number of primary amides is 1. The molecular weight excluding hydrogens is 290 g/mol. The number of hydrogen-bond donors (Lipinski definition) is 1. The summed E-state index contributed by atoms with van der Waals surface area (Å²) in [5.41, 5.74) is 6.10. The number of fused-ring (bicyclic) bond motifs is 1. The van der Waals surface area contributed by atoms with Gasteiger partial charge in [0, 0.05) is 18.2 Å². The van der Waals surface area contributed by atoms with E-state index in [1.54, 1.807) is 12.3 Å². The van der Waals surface area contributed by atoms with E-state index in [0.717, 1.165) is 36.6 Å². The number of carbonyl (C=O) groups excluding carboxylic acids is 1. The highest BCUT2D eigenvalue weighted by Gasteiger charge is 2.26. The predicted octanol–water partition coefficient (Wildman–Crippen LogP) is 2.71. The van der Waals surface area contributed by atoms with Crippen LogP contribution >= 0.6 is 11.6 Å². The molecule has 2 N–H and O–H groups in total. The highest BCUT2D eigenvalue weighted by Crippen LogP contribution is 2.30. The van der Waals surface area contributed by atoms with Crippen LogP contribution in [0, 0.1) is 5.92 Å². The number of nitrogens with two attached hydrogens (primary N) is 1. The molecule has 5 nitrogen and oxygen atoms in total. The first-order valence-electron chi connectivity index (χ1n) is 7.00. The number of ether oxygens (including phenoxy) is 1. The summed E-state index contributed by atoms with van der Waals surface area (Å²) in [5, 5.41) is 1.21. The first-order chi connectivity index (χ1) is 10.1. The molecule has 1 fully saturated rings. The van der Waals surface area contributed by atoms with Crippen molar-refractivity contribution in [1.82, 2.24) is 9.97 Å². The first kappa shape index (κ1) is 14.1. The fourth-order valence-electron chi connectivity index (χ4n) is 2.73. The maximum atomic E-state index is 11.2. The third kappa shape index (κ3) is 3.08. The van der Waals surface area contributed by atoms with Crippen LogP contribution in [0.4, 0.5) is 0 Å². The minimum atomic E-state index is -0.219. The average molecular weight is 306 g/mol. The van der Waals surface area contributed by atoms with Crippen LogP contribution in [-0.4, -0.2) is 22.0 Å². The molecule has 110 valence electrons. The van der Waals surface area contributed by atoms with Crippen LogP contribution in [0.25, 0.3) is 10.9 Å². The monoisotopic (exact) mass is 305 g/mol. The van der Waals surface area contributed by atoms with Crippen molar-refractivity contribution in [2.24, 2.45) is 11.7 Å². The van der Waals surface area contributed by atoms with E-state index in [2.05, 4.69) is 9.97 Å². The van der Waals surface area contributed by atoms with Gasteiger partial charge in [-0.2, -0.15) is 0 Å². The van der Waals surface area contributed by atoms with Crippen molar-refractivity contribution in [2.45, 2.75) is 31.8 Å². The summed E-state index contributed by atoms with van der Waals surface area (Å²) < 4.78 is 5.99. The topological polar surface area (TPSA) is 78.1 Å². The lowest BCUT2D eigenvalue weighted by molar-refractivity contribution is -0.123. The van der Waals surface area contributed by atoms with Crippen molar-refractivity contribution in [3.8, 4) is 5.88 Å². The molecule has 1 saturated carbocycles. The minimum absolute atomic E-state index is 0.0319. The number of hydrogen-bond acceptors (Lipinski definition) is 4. The van der Waals surface area contributed by atoms with Crippen LogP contribution in [0.5, 0.6) is 5.88 Å². The van der Waals surface area contributed by atoms with Crippen LogP contribution < -0.4 is 10.5 Å². The Labute approximate surface area is 127 Å². The second-order valence-electron chi connectivity index (χ2n) is 5.31. The van der Waals surface area contributed by atoms with Crippen LogP contribution in [0.3, 0.4) is 0 Å². The van der Waals surface area contributed by atoms with E-state index in [4.69, 9.17) is 22.1 Å². The SMILES string of the molecule is NC(=O)C1CCC(Oc2nc(Cl)cc3ncccc23)CC1. The van der Waals surface area contributed by atoms with Crippen molar-refractivity contribution >= 4 is 28.4 Å². The van der Waals surface area contributed by atoms with Gasteiger partial charge in [-0.25, -0.2) is 4.98 Å². The van der Waals surface area contributed by atoms with Crippen molar-refractivity contribution in [3.05, 3.63) is 29.5 Å². The Morgan fingerprint density at radius 3 is 2.81 bits per heavy atom. The number of carbonyl (C=O) groups is 1. The van der Waals surface area contributed by atoms with Gasteiger partial charge in [-0.3, -0.25) is 9.78 Å². The van der Waals surface area contributed by atoms with Crippen LogP contribution in [-0.2, 0) is 4.79 Å². The van der Waals surface area contributed by atoms with Crippen LogP contribution in [0.1, 0.15) is 25.7 Å². The molecule has 1 amide bonds. The molecule has 1 aliphatic carbocycles. The predicted molar refractivity (Wildman–Crippen MR) is 80.1 cm³/mol. The van der Waals surface area contributed by atoms with Crippen molar-refractivity contribution in [1.29, 1.82) is 0 Å². The van der Waals surface area contributed by atoms with E-state index >= 15 is 0 Å². The fraction of sp³-hybridized carbons (Fsp3) is 0.400. The van der Waals surface area contributed by atoms with Gasteiger partial charge in [-0.05, 0) is 37.8 Å². The lowest BCUT2D eigenvalue weighted by atomic mass is 9.87.